The lowest BCUT2D eigenvalue weighted by atomic mass is 9.88. The van der Waals surface area contributed by atoms with Gasteiger partial charge >= 0.3 is 5.97 Å². The van der Waals surface area contributed by atoms with E-state index in [9.17, 15) is 9.59 Å². The van der Waals surface area contributed by atoms with Crippen molar-refractivity contribution in [1.82, 2.24) is 0 Å². The molecule has 0 N–H and O–H groups in total. The van der Waals surface area contributed by atoms with Crippen LogP contribution >= 0.6 is 0 Å². The predicted molar refractivity (Wildman–Crippen MR) is 179 cm³/mol. The van der Waals surface area contributed by atoms with E-state index in [1.54, 1.807) is 24.3 Å². The van der Waals surface area contributed by atoms with Crippen molar-refractivity contribution in [3.05, 3.63) is 112 Å². The van der Waals surface area contributed by atoms with Gasteiger partial charge in [-0.05, 0) is 138 Å². The normalized spacial score (nSPS) is 10.3. The first kappa shape index (κ1) is 33.8. The molecule has 0 heterocycles. The Morgan fingerprint density at radius 2 is 0.929 bits per heavy atom. The van der Waals surface area contributed by atoms with Crippen LogP contribution in [0.2, 0.25) is 0 Å². The first-order valence-corrected chi connectivity index (χ1v) is 13.4. The van der Waals surface area contributed by atoms with Gasteiger partial charge in [-0.1, -0.05) is 57.8 Å². The van der Waals surface area contributed by atoms with Crippen molar-refractivity contribution in [2.75, 3.05) is 6.79 Å². The van der Waals surface area contributed by atoms with Gasteiger partial charge < -0.3 is 9.47 Å². The summed E-state index contributed by atoms with van der Waals surface area (Å²) in [5, 5.41) is 8.29. The second-order valence-electron chi connectivity index (χ2n) is 10.5. The number of rotatable bonds is 5. The quantitative estimate of drug-likeness (QED) is 0.0700. The molecule has 220 valence electrons. The van der Waals surface area contributed by atoms with Crippen molar-refractivity contribution in [3.63, 3.8) is 0 Å². The Balaban J connectivity index is 0.000000303. The third-order valence-electron chi connectivity index (χ3n) is 7.63. The van der Waals surface area contributed by atoms with Gasteiger partial charge in [0.05, 0.1) is 0 Å². The van der Waals surface area contributed by atoms with Crippen molar-refractivity contribution in [1.29, 1.82) is 0 Å². The molecule has 42 heavy (non-hydrogen) atoms. The number of fused-ring (bicyclic) bond motifs is 6. The highest BCUT2D eigenvalue weighted by molar-refractivity contribution is 6.26. The van der Waals surface area contributed by atoms with Gasteiger partial charge in [-0.25, -0.2) is 4.79 Å². The fourth-order valence-corrected chi connectivity index (χ4v) is 4.79. The van der Waals surface area contributed by atoms with Crippen LogP contribution in [0.4, 0.5) is 0 Å². The number of carbonyl (C=O) groups excluding carboxylic acids is 2. The van der Waals surface area contributed by atoms with Gasteiger partial charge in [-0.15, -0.1) is 0 Å². The molecule has 5 rings (SSSR count). The number of Topliss-reactive ketones (excluding diaryl/α,β-unsaturated/α-hetero) is 1. The van der Waals surface area contributed by atoms with Crippen molar-refractivity contribution >= 4 is 44.1 Å². The van der Waals surface area contributed by atoms with Gasteiger partial charge in [0.25, 0.3) is 0 Å². The van der Waals surface area contributed by atoms with Crippen LogP contribution in [-0.2, 0) is 9.53 Å². The number of ketones is 1. The highest BCUT2D eigenvalue weighted by atomic mass is 16.7. The molecule has 0 bridgehead atoms. The minimum absolute atomic E-state index is 0. The first-order valence-electron chi connectivity index (χ1n) is 13.4. The Hall–Kier alpha value is -4.44. The fraction of sp³-hybridized carbons (Fsp3) is 0.263. The summed E-state index contributed by atoms with van der Waals surface area (Å²) in [5.74, 6) is -0.0214. The molecule has 0 saturated heterocycles. The lowest BCUT2D eigenvalue weighted by Gasteiger charge is -2.16. The Morgan fingerprint density at radius 3 is 1.19 bits per heavy atom. The zero-order valence-electron chi connectivity index (χ0n) is 24.4. The van der Waals surface area contributed by atoms with E-state index in [1.807, 2.05) is 0 Å². The van der Waals surface area contributed by atoms with Crippen molar-refractivity contribution in [2.45, 2.75) is 63.3 Å². The lowest BCUT2D eigenvalue weighted by molar-refractivity contribution is -0.144. The Kier molecular flexibility index (Phi) is 11.2. The van der Waals surface area contributed by atoms with Crippen LogP contribution in [0, 0.1) is 41.5 Å². The number of aryl methyl sites for hydroxylation is 6. The summed E-state index contributed by atoms with van der Waals surface area (Å²) >= 11 is 0. The van der Waals surface area contributed by atoms with Crippen LogP contribution in [0.1, 0.15) is 65.5 Å². The van der Waals surface area contributed by atoms with Crippen LogP contribution < -0.4 is 4.74 Å². The molecule has 0 aromatic heterocycles. The maximum atomic E-state index is 11.0. The molecule has 0 spiro atoms. The van der Waals surface area contributed by atoms with E-state index in [0.29, 0.717) is 11.3 Å². The molecule has 5 aromatic rings. The van der Waals surface area contributed by atoms with Crippen LogP contribution in [0.25, 0.3) is 32.3 Å². The molecule has 0 saturated carbocycles. The van der Waals surface area contributed by atoms with Crippen LogP contribution in [0.3, 0.4) is 0 Å². The van der Waals surface area contributed by atoms with Gasteiger partial charge in [-0.2, -0.15) is 0 Å². The van der Waals surface area contributed by atoms with Gasteiger partial charge in [0.2, 0.25) is 6.79 Å². The summed E-state index contributed by atoms with van der Waals surface area (Å²) < 4.78 is 9.74. The second kappa shape index (κ2) is 14.0. The van der Waals surface area contributed by atoms with E-state index < -0.39 is 5.97 Å². The molecule has 5 aromatic carbocycles. The monoisotopic (exact) mass is 564 g/mol. The average molecular weight is 565 g/mol. The molecular formula is C38H44O4. The molecule has 0 radical (unpaired) electrons. The molecule has 0 fully saturated rings. The molecule has 0 aliphatic carbocycles. The SMILES string of the molecule is C.C.C=CC(=O)OCOc1ccc(C(C)=O)cc1.Cc1cc2c3cc(C)c(C)cc3c3cc(C)c(C)cc3c2cc1C. The fourth-order valence-electron chi connectivity index (χ4n) is 4.79. The minimum Gasteiger partial charge on any atom is -0.457 e. The number of carbonyl (C=O) groups is 2. The van der Waals surface area contributed by atoms with Crippen LogP contribution in [0.5, 0.6) is 5.75 Å². The Labute approximate surface area is 251 Å². The topological polar surface area (TPSA) is 52.6 Å². The van der Waals surface area contributed by atoms with Gasteiger partial charge in [0.1, 0.15) is 5.75 Å². The molecule has 0 aliphatic heterocycles. The van der Waals surface area contributed by atoms with Gasteiger partial charge in [0, 0.05) is 11.6 Å². The third kappa shape index (κ3) is 7.06. The summed E-state index contributed by atoms with van der Waals surface area (Å²) in [4.78, 5) is 21.7. The van der Waals surface area contributed by atoms with E-state index in [-0.39, 0.29) is 27.4 Å². The zero-order valence-corrected chi connectivity index (χ0v) is 24.4. The number of hydrogen-bond donors (Lipinski definition) is 0. The zero-order chi connectivity index (χ0) is 29.1. The van der Waals surface area contributed by atoms with E-state index in [4.69, 9.17) is 4.74 Å². The summed E-state index contributed by atoms with van der Waals surface area (Å²) in [6.07, 6.45) is 1.06. The smallest absolute Gasteiger partial charge is 0.333 e. The summed E-state index contributed by atoms with van der Waals surface area (Å²) in [6.45, 7) is 17.8. The van der Waals surface area contributed by atoms with E-state index >= 15 is 0 Å². The lowest BCUT2D eigenvalue weighted by Crippen LogP contribution is -2.07. The predicted octanol–water partition coefficient (Wildman–Crippen LogP) is 10.2. The molecule has 0 atom stereocenters. The van der Waals surface area contributed by atoms with Crippen LogP contribution in [0.15, 0.2) is 73.3 Å². The number of ether oxygens (including phenoxy) is 2. The van der Waals surface area contributed by atoms with Gasteiger partial charge in [-0.3, -0.25) is 4.79 Å². The molecular weight excluding hydrogens is 520 g/mol. The van der Waals surface area contributed by atoms with Crippen molar-refractivity contribution in [3.8, 4) is 5.75 Å². The molecule has 0 unspecified atom stereocenters. The number of esters is 1. The van der Waals surface area contributed by atoms with Crippen molar-refractivity contribution in [2.24, 2.45) is 0 Å². The van der Waals surface area contributed by atoms with E-state index in [2.05, 4.69) is 89.3 Å². The second-order valence-corrected chi connectivity index (χ2v) is 10.5. The third-order valence-corrected chi connectivity index (χ3v) is 7.63. The highest BCUT2D eigenvalue weighted by Gasteiger charge is 2.12. The summed E-state index contributed by atoms with van der Waals surface area (Å²) in [6, 6.07) is 20.8. The van der Waals surface area contributed by atoms with E-state index in [1.165, 1.54) is 72.6 Å². The first-order chi connectivity index (χ1) is 19.0. The standard InChI is InChI=1S/C24H24.C12H12O4.2CH4/c1-13-7-19-20(8-14(13)2)22-10-16(4)18(6)12-24(22)23-11-17(5)15(3)9-21(19)23;1-3-12(14)16-8-15-11-6-4-10(5-7-11)9(2)13;;/h7-12H,1-6H3;3-7H,1,8H2,2H3;2*1H4. The average Bonchev–Trinajstić information content (AvgIpc) is 2.92. The molecule has 4 nitrogen and oxygen atoms in total. The maximum absolute atomic E-state index is 11.0. The summed E-state index contributed by atoms with van der Waals surface area (Å²) in [5.41, 5.74) is 8.80. The Morgan fingerprint density at radius 1 is 0.619 bits per heavy atom. The van der Waals surface area contributed by atoms with E-state index in [0.717, 1.165) is 6.08 Å². The Bertz CT molecular complexity index is 1510. The minimum atomic E-state index is -0.541. The summed E-state index contributed by atoms with van der Waals surface area (Å²) in [7, 11) is 0. The maximum Gasteiger partial charge on any atom is 0.333 e. The van der Waals surface area contributed by atoms with Crippen LogP contribution in [-0.4, -0.2) is 18.5 Å². The largest absolute Gasteiger partial charge is 0.457 e. The molecule has 4 heteroatoms. The van der Waals surface area contributed by atoms with Gasteiger partial charge in [0.15, 0.2) is 5.78 Å². The van der Waals surface area contributed by atoms with Crippen molar-refractivity contribution < 1.29 is 19.1 Å². The number of benzene rings is 5. The molecule has 0 aliphatic rings. The highest BCUT2D eigenvalue weighted by Crippen LogP contribution is 2.38. The number of hydrogen-bond acceptors (Lipinski definition) is 4. The molecule has 0 amide bonds.